The van der Waals surface area contributed by atoms with Crippen LogP contribution in [0.3, 0.4) is 0 Å². The fourth-order valence-corrected chi connectivity index (χ4v) is 4.44. The average Bonchev–Trinajstić information content (AvgIpc) is 2.90. The van der Waals surface area contributed by atoms with Crippen molar-refractivity contribution in [2.24, 2.45) is 17.8 Å². The van der Waals surface area contributed by atoms with Crippen LogP contribution in [-0.4, -0.2) is 46.4 Å². The molecule has 2 aromatic rings. The van der Waals surface area contributed by atoms with Gasteiger partial charge in [-0.3, -0.25) is 24.0 Å². The fourth-order valence-electron chi connectivity index (χ4n) is 4.44. The molecule has 3 rings (SSSR count). The van der Waals surface area contributed by atoms with E-state index in [2.05, 4.69) is 5.32 Å². The number of anilines is 2. The SMILES string of the molecule is CC(C)C(=O)O[C@@H]1[C@H](C)C(=O)C(=O)[C@@H](NCc2cc(N)cc(N)c2O)CC(=O)C(=O)[C@@H]1Cc1ccccc1. The van der Waals surface area contributed by atoms with Crippen LogP contribution >= 0.6 is 0 Å². The number of Topliss-reactive ketones (excluding diaryl/α,β-unsaturated/α-hetero) is 4. The van der Waals surface area contributed by atoms with Crippen LogP contribution in [0.25, 0.3) is 0 Å². The number of carbonyl (C=O) groups is 5. The highest BCUT2D eigenvalue weighted by molar-refractivity contribution is 6.44. The summed E-state index contributed by atoms with van der Waals surface area (Å²) in [7, 11) is 0. The van der Waals surface area contributed by atoms with E-state index in [1.807, 2.05) is 0 Å². The highest BCUT2D eigenvalue weighted by Crippen LogP contribution is 2.30. The molecule has 38 heavy (non-hydrogen) atoms. The van der Waals surface area contributed by atoms with Gasteiger partial charge in [0.1, 0.15) is 11.9 Å². The van der Waals surface area contributed by atoms with Crippen molar-refractivity contribution < 1.29 is 33.8 Å². The Balaban J connectivity index is 1.97. The van der Waals surface area contributed by atoms with Crippen LogP contribution in [0.1, 0.15) is 38.3 Å². The third kappa shape index (κ3) is 6.44. The molecular formula is C28H33N3O7. The Morgan fingerprint density at radius 1 is 1.05 bits per heavy atom. The molecule has 1 fully saturated rings. The lowest BCUT2D eigenvalue weighted by atomic mass is 9.81. The second-order valence-corrected chi connectivity index (χ2v) is 9.91. The van der Waals surface area contributed by atoms with Gasteiger partial charge in [0.15, 0.2) is 0 Å². The Morgan fingerprint density at radius 3 is 2.34 bits per heavy atom. The zero-order valence-electron chi connectivity index (χ0n) is 21.6. The Kier molecular flexibility index (Phi) is 9.00. The number of nitrogen functional groups attached to an aromatic ring is 2. The van der Waals surface area contributed by atoms with Crippen LogP contribution in [0, 0.1) is 17.8 Å². The number of ketones is 4. The van der Waals surface area contributed by atoms with Gasteiger partial charge in [-0.15, -0.1) is 0 Å². The number of phenols is 1. The van der Waals surface area contributed by atoms with Gasteiger partial charge in [0.05, 0.1) is 29.5 Å². The van der Waals surface area contributed by atoms with E-state index in [1.165, 1.54) is 19.1 Å². The Morgan fingerprint density at radius 2 is 1.71 bits per heavy atom. The first kappa shape index (κ1) is 28.5. The molecule has 1 aliphatic carbocycles. The van der Waals surface area contributed by atoms with E-state index in [1.54, 1.807) is 44.2 Å². The summed E-state index contributed by atoms with van der Waals surface area (Å²) in [5, 5.41) is 13.0. The summed E-state index contributed by atoms with van der Waals surface area (Å²) in [6.45, 7) is 4.47. The van der Waals surface area contributed by atoms with Gasteiger partial charge in [0.25, 0.3) is 0 Å². The molecule has 2 aromatic carbocycles. The van der Waals surface area contributed by atoms with Crippen molar-refractivity contribution >= 4 is 40.5 Å². The lowest BCUT2D eigenvalue weighted by Gasteiger charge is -2.29. The first-order chi connectivity index (χ1) is 17.9. The van der Waals surface area contributed by atoms with Gasteiger partial charge in [0.2, 0.25) is 23.1 Å². The molecule has 10 nitrogen and oxygen atoms in total. The molecule has 0 saturated heterocycles. The lowest BCUT2D eigenvalue weighted by Crippen LogP contribution is -2.46. The van der Waals surface area contributed by atoms with Crippen molar-refractivity contribution in [3.05, 3.63) is 53.6 Å². The zero-order chi connectivity index (χ0) is 28.1. The Bertz CT molecular complexity index is 1240. The van der Waals surface area contributed by atoms with Gasteiger partial charge >= 0.3 is 5.97 Å². The molecule has 6 N–H and O–H groups in total. The normalized spacial score (nSPS) is 22.6. The fraction of sp³-hybridized carbons (Fsp3) is 0.393. The number of hydrogen-bond donors (Lipinski definition) is 4. The van der Waals surface area contributed by atoms with E-state index >= 15 is 0 Å². The number of ether oxygens (including phenoxy) is 1. The van der Waals surface area contributed by atoms with Crippen molar-refractivity contribution in [3.63, 3.8) is 0 Å². The van der Waals surface area contributed by atoms with Crippen LogP contribution in [0.2, 0.25) is 0 Å². The summed E-state index contributed by atoms with van der Waals surface area (Å²) in [5.74, 6) is -7.31. The summed E-state index contributed by atoms with van der Waals surface area (Å²) in [6.07, 6.45) is -1.85. The monoisotopic (exact) mass is 523 g/mol. The maximum atomic E-state index is 13.5. The molecule has 1 aliphatic rings. The molecule has 0 heterocycles. The number of nitrogens with one attached hydrogen (secondary N) is 1. The smallest absolute Gasteiger partial charge is 0.308 e. The van der Waals surface area contributed by atoms with Crippen molar-refractivity contribution in [1.29, 1.82) is 0 Å². The van der Waals surface area contributed by atoms with E-state index in [0.29, 0.717) is 5.56 Å². The van der Waals surface area contributed by atoms with Crippen molar-refractivity contribution in [2.45, 2.75) is 52.3 Å². The van der Waals surface area contributed by atoms with E-state index < -0.39 is 65.4 Å². The number of nitrogens with two attached hydrogens (primary N) is 2. The number of aromatic hydroxyl groups is 1. The minimum Gasteiger partial charge on any atom is -0.505 e. The van der Waals surface area contributed by atoms with E-state index in [-0.39, 0.29) is 35.7 Å². The molecule has 1 saturated carbocycles. The molecule has 0 aliphatic heterocycles. The maximum absolute atomic E-state index is 13.5. The molecule has 202 valence electrons. The minimum atomic E-state index is -1.35. The predicted octanol–water partition coefficient (Wildman–Crippen LogP) is 1.76. The van der Waals surface area contributed by atoms with E-state index in [0.717, 1.165) is 0 Å². The predicted molar refractivity (Wildman–Crippen MR) is 140 cm³/mol. The first-order valence-electron chi connectivity index (χ1n) is 12.4. The number of phenolic OH excluding ortho intramolecular Hbond substituents is 1. The summed E-state index contributed by atoms with van der Waals surface area (Å²) < 4.78 is 5.62. The van der Waals surface area contributed by atoms with Crippen molar-refractivity contribution in [3.8, 4) is 5.75 Å². The molecule has 0 unspecified atom stereocenters. The largest absolute Gasteiger partial charge is 0.505 e. The first-order valence-corrected chi connectivity index (χ1v) is 12.4. The van der Waals surface area contributed by atoms with Crippen LogP contribution in [0.15, 0.2) is 42.5 Å². The highest BCUT2D eigenvalue weighted by atomic mass is 16.5. The highest BCUT2D eigenvalue weighted by Gasteiger charge is 2.46. The van der Waals surface area contributed by atoms with Crippen LogP contribution < -0.4 is 16.8 Å². The lowest BCUT2D eigenvalue weighted by molar-refractivity contribution is -0.163. The molecule has 0 bridgehead atoms. The van der Waals surface area contributed by atoms with Crippen LogP contribution in [-0.2, 0) is 41.7 Å². The second-order valence-electron chi connectivity index (χ2n) is 9.91. The quantitative estimate of drug-likeness (QED) is 0.137. The molecule has 0 spiro atoms. The van der Waals surface area contributed by atoms with E-state index in [4.69, 9.17) is 16.2 Å². The third-order valence-corrected chi connectivity index (χ3v) is 6.67. The van der Waals surface area contributed by atoms with Gasteiger partial charge in [0, 0.05) is 24.2 Å². The molecular weight excluding hydrogens is 490 g/mol. The van der Waals surface area contributed by atoms with Crippen LogP contribution in [0.4, 0.5) is 11.4 Å². The van der Waals surface area contributed by atoms with Gasteiger partial charge in [-0.05, 0) is 24.1 Å². The number of carbonyl (C=O) groups excluding carboxylic acids is 5. The van der Waals surface area contributed by atoms with Crippen molar-refractivity contribution in [2.75, 3.05) is 11.5 Å². The summed E-state index contributed by atoms with van der Waals surface area (Å²) >= 11 is 0. The summed E-state index contributed by atoms with van der Waals surface area (Å²) in [4.78, 5) is 65.8. The number of esters is 1. The molecule has 0 radical (unpaired) electrons. The average molecular weight is 524 g/mol. The molecule has 10 heteroatoms. The summed E-state index contributed by atoms with van der Waals surface area (Å²) in [5.41, 5.74) is 12.8. The maximum Gasteiger partial charge on any atom is 0.308 e. The van der Waals surface area contributed by atoms with Gasteiger partial charge in [-0.2, -0.15) is 0 Å². The minimum absolute atomic E-state index is 0.0251. The number of benzene rings is 2. The van der Waals surface area contributed by atoms with Crippen molar-refractivity contribution in [1.82, 2.24) is 5.32 Å². The van der Waals surface area contributed by atoms with Gasteiger partial charge < -0.3 is 26.6 Å². The second kappa shape index (κ2) is 12.0. The zero-order valence-corrected chi connectivity index (χ0v) is 21.6. The van der Waals surface area contributed by atoms with Crippen LogP contribution in [0.5, 0.6) is 5.75 Å². The number of hydrogen-bond acceptors (Lipinski definition) is 10. The van der Waals surface area contributed by atoms with Gasteiger partial charge in [-0.1, -0.05) is 51.1 Å². The van der Waals surface area contributed by atoms with Gasteiger partial charge in [-0.25, -0.2) is 0 Å². The third-order valence-electron chi connectivity index (χ3n) is 6.67. The number of rotatable bonds is 7. The summed E-state index contributed by atoms with van der Waals surface area (Å²) in [6, 6.07) is 10.3. The Labute approximate surface area is 220 Å². The topological polar surface area (TPSA) is 179 Å². The Hall–Kier alpha value is -4.05. The molecule has 0 amide bonds. The standard InChI is InChI=1S/C28H33N3O7/c1-14(2)28(37)38-27-15(3)23(33)26(36)21(31-13-17-10-18(29)11-20(30)24(17)34)12-22(32)25(35)19(27)9-16-7-5-4-6-8-16/h4-8,10-11,14-15,19,21,27,31,34H,9,12-13,29-30H2,1-3H3/t15-,19+,21+,27-/m1/s1. The molecule has 4 atom stereocenters. The molecule has 0 aromatic heterocycles. The van der Waals surface area contributed by atoms with E-state index in [9.17, 15) is 29.1 Å².